The predicted molar refractivity (Wildman–Crippen MR) is 69.3 cm³/mol. The number of aromatic nitrogens is 1. The lowest BCUT2D eigenvalue weighted by molar-refractivity contribution is -0.137. The van der Waals surface area contributed by atoms with E-state index in [1.807, 2.05) is 13.8 Å². The van der Waals surface area contributed by atoms with Gasteiger partial charge in [0.15, 0.2) is 0 Å². The van der Waals surface area contributed by atoms with Crippen LogP contribution in [0, 0.1) is 0 Å². The van der Waals surface area contributed by atoms with Crippen molar-refractivity contribution in [3.05, 3.63) is 17.7 Å². The number of rotatable bonds is 4. The Morgan fingerprint density at radius 2 is 1.89 bits per heavy atom. The maximum absolute atomic E-state index is 12.8. The van der Waals surface area contributed by atoms with Crippen LogP contribution in [0.5, 0.6) is 0 Å². The average Bonchev–Trinajstić information content (AvgIpc) is 2.26. The van der Waals surface area contributed by atoms with Crippen molar-refractivity contribution in [3.8, 4) is 0 Å². The van der Waals surface area contributed by atoms with Crippen LogP contribution < -0.4 is 10.6 Å². The van der Waals surface area contributed by atoms with Gasteiger partial charge in [-0.15, -0.1) is 0 Å². The first kappa shape index (κ1) is 14.0. The second-order valence-electron chi connectivity index (χ2n) is 5.19. The van der Waals surface area contributed by atoms with Crippen LogP contribution >= 0.6 is 0 Å². The Labute approximate surface area is 110 Å². The molecule has 0 spiro atoms. The molecule has 1 aliphatic carbocycles. The van der Waals surface area contributed by atoms with Crippen LogP contribution in [0.4, 0.5) is 24.8 Å². The minimum Gasteiger partial charge on any atom is -0.370 e. The van der Waals surface area contributed by atoms with Crippen LogP contribution in [-0.4, -0.2) is 17.1 Å². The average molecular weight is 273 g/mol. The van der Waals surface area contributed by atoms with Crippen LogP contribution in [0.3, 0.4) is 0 Å². The number of hydrogen-bond acceptors (Lipinski definition) is 3. The Balaban J connectivity index is 2.28. The molecule has 0 amide bonds. The number of alkyl halides is 3. The molecule has 19 heavy (non-hydrogen) atoms. The summed E-state index contributed by atoms with van der Waals surface area (Å²) in [6.45, 7) is 4.36. The fourth-order valence-corrected chi connectivity index (χ4v) is 2.17. The summed E-state index contributed by atoms with van der Waals surface area (Å²) in [5, 5.41) is 5.95. The molecule has 6 heteroatoms. The fraction of sp³-hybridized carbons (Fsp3) is 0.615. The van der Waals surface area contributed by atoms with Crippen molar-refractivity contribution < 1.29 is 13.2 Å². The summed E-state index contributed by atoms with van der Waals surface area (Å²) in [4.78, 5) is 4.18. The number of nitrogens with one attached hydrogen (secondary N) is 2. The Bertz CT molecular complexity index is 453. The number of nitrogens with zero attached hydrogens (tertiary/aromatic N) is 1. The summed E-state index contributed by atoms with van der Waals surface area (Å²) in [7, 11) is 0. The lowest BCUT2D eigenvalue weighted by Crippen LogP contribution is -2.42. The molecule has 0 atom stereocenters. The van der Waals surface area contributed by atoms with Gasteiger partial charge in [-0.05, 0) is 45.2 Å². The largest absolute Gasteiger partial charge is 0.416 e. The molecule has 1 fully saturated rings. The molecule has 1 aliphatic rings. The third-order valence-electron chi connectivity index (χ3n) is 3.40. The van der Waals surface area contributed by atoms with E-state index in [4.69, 9.17) is 0 Å². The van der Waals surface area contributed by atoms with Gasteiger partial charge in [-0.1, -0.05) is 0 Å². The van der Waals surface area contributed by atoms with Gasteiger partial charge < -0.3 is 10.6 Å². The molecule has 1 aromatic heterocycles. The topological polar surface area (TPSA) is 37.0 Å². The van der Waals surface area contributed by atoms with Gasteiger partial charge in [0, 0.05) is 12.1 Å². The van der Waals surface area contributed by atoms with E-state index >= 15 is 0 Å². The molecule has 0 aromatic carbocycles. The van der Waals surface area contributed by atoms with Crippen molar-refractivity contribution in [2.75, 3.05) is 17.2 Å². The van der Waals surface area contributed by atoms with E-state index < -0.39 is 11.7 Å². The molecule has 0 aliphatic heterocycles. The molecule has 1 saturated carbocycles. The van der Waals surface area contributed by atoms with E-state index in [1.165, 1.54) is 0 Å². The zero-order valence-corrected chi connectivity index (χ0v) is 11.1. The number of hydrogen-bond donors (Lipinski definition) is 2. The van der Waals surface area contributed by atoms with Crippen LogP contribution in [0.25, 0.3) is 0 Å². The molecular formula is C13H18F3N3. The van der Waals surface area contributed by atoms with E-state index in [-0.39, 0.29) is 17.2 Å². The van der Waals surface area contributed by atoms with Gasteiger partial charge in [0.2, 0.25) is 0 Å². The first-order valence-electron chi connectivity index (χ1n) is 6.44. The minimum absolute atomic E-state index is 0.124. The first-order valence-corrected chi connectivity index (χ1v) is 6.44. The highest BCUT2D eigenvalue weighted by atomic mass is 19.4. The molecule has 1 heterocycles. The maximum atomic E-state index is 12.8. The second-order valence-corrected chi connectivity index (χ2v) is 5.19. The maximum Gasteiger partial charge on any atom is 0.416 e. The van der Waals surface area contributed by atoms with Crippen molar-refractivity contribution in [1.82, 2.24) is 4.98 Å². The van der Waals surface area contributed by atoms with E-state index in [2.05, 4.69) is 15.6 Å². The Hall–Kier alpha value is -1.46. The standard InChI is InChI=1S/C13H18F3N3/c1-3-17-10-7-9(13(14,15)16)8-11(18-10)19-12(2)5-4-6-12/h7-8H,3-6H2,1-2H3,(H2,17,18,19). The highest BCUT2D eigenvalue weighted by molar-refractivity contribution is 5.51. The molecule has 0 unspecified atom stereocenters. The summed E-state index contributed by atoms with van der Waals surface area (Å²) in [5.41, 5.74) is -0.801. The van der Waals surface area contributed by atoms with Crippen LogP contribution in [0.2, 0.25) is 0 Å². The van der Waals surface area contributed by atoms with Gasteiger partial charge in [0.1, 0.15) is 11.6 Å². The third kappa shape index (κ3) is 3.30. The highest BCUT2D eigenvalue weighted by Gasteiger charge is 2.34. The number of halogens is 3. The molecule has 106 valence electrons. The lowest BCUT2D eigenvalue weighted by Gasteiger charge is -2.39. The zero-order chi connectivity index (χ0) is 14.1. The molecule has 1 aromatic rings. The van der Waals surface area contributed by atoms with Crippen LogP contribution in [0.15, 0.2) is 12.1 Å². The highest BCUT2D eigenvalue weighted by Crippen LogP contribution is 2.36. The summed E-state index contributed by atoms with van der Waals surface area (Å²) in [5.74, 6) is 0.538. The summed E-state index contributed by atoms with van der Waals surface area (Å²) in [6, 6.07) is 2.11. The molecule has 2 rings (SSSR count). The van der Waals surface area contributed by atoms with Gasteiger partial charge in [0.25, 0.3) is 0 Å². The number of pyridine rings is 1. The van der Waals surface area contributed by atoms with E-state index in [0.717, 1.165) is 31.4 Å². The normalized spacial score (nSPS) is 17.7. The van der Waals surface area contributed by atoms with Gasteiger partial charge in [0.05, 0.1) is 5.56 Å². The van der Waals surface area contributed by atoms with Crippen molar-refractivity contribution in [1.29, 1.82) is 0 Å². The Morgan fingerprint density at radius 1 is 1.26 bits per heavy atom. The van der Waals surface area contributed by atoms with E-state index in [0.29, 0.717) is 6.54 Å². The van der Waals surface area contributed by atoms with E-state index in [1.54, 1.807) is 0 Å². The third-order valence-corrected chi connectivity index (χ3v) is 3.40. The Kier molecular flexibility index (Phi) is 3.60. The summed E-state index contributed by atoms with van der Waals surface area (Å²) >= 11 is 0. The smallest absolute Gasteiger partial charge is 0.370 e. The fourth-order valence-electron chi connectivity index (χ4n) is 2.17. The van der Waals surface area contributed by atoms with Gasteiger partial charge in [-0.25, -0.2) is 4.98 Å². The van der Waals surface area contributed by atoms with Crippen molar-refractivity contribution >= 4 is 11.6 Å². The minimum atomic E-state index is -4.36. The van der Waals surface area contributed by atoms with Crippen LogP contribution in [-0.2, 0) is 6.18 Å². The lowest BCUT2D eigenvalue weighted by atomic mass is 9.78. The van der Waals surface area contributed by atoms with Gasteiger partial charge in [-0.3, -0.25) is 0 Å². The first-order chi connectivity index (χ1) is 8.82. The molecule has 2 N–H and O–H groups in total. The molecular weight excluding hydrogens is 255 g/mol. The van der Waals surface area contributed by atoms with Crippen molar-refractivity contribution in [2.24, 2.45) is 0 Å². The van der Waals surface area contributed by atoms with Crippen molar-refractivity contribution in [2.45, 2.75) is 44.8 Å². The Morgan fingerprint density at radius 3 is 2.37 bits per heavy atom. The molecule has 0 radical (unpaired) electrons. The SMILES string of the molecule is CCNc1cc(C(F)(F)F)cc(NC2(C)CCC2)n1. The summed E-state index contributed by atoms with van der Waals surface area (Å²) in [6.07, 6.45) is -1.34. The predicted octanol–water partition coefficient (Wildman–Crippen LogP) is 3.89. The molecule has 0 saturated heterocycles. The van der Waals surface area contributed by atoms with Crippen molar-refractivity contribution in [3.63, 3.8) is 0 Å². The zero-order valence-electron chi connectivity index (χ0n) is 11.1. The molecule has 0 bridgehead atoms. The molecule has 3 nitrogen and oxygen atoms in total. The number of anilines is 2. The monoisotopic (exact) mass is 273 g/mol. The van der Waals surface area contributed by atoms with Crippen LogP contribution in [0.1, 0.15) is 38.7 Å². The summed E-state index contributed by atoms with van der Waals surface area (Å²) < 4.78 is 38.5. The second kappa shape index (κ2) is 4.90. The van der Waals surface area contributed by atoms with Gasteiger partial charge in [-0.2, -0.15) is 13.2 Å². The quantitative estimate of drug-likeness (QED) is 0.874. The van der Waals surface area contributed by atoms with E-state index in [9.17, 15) is 13.2 Å². The van der Waals surface area contributed by atoms with Gasteiger partial charge >= 0.3 is 6.18 Å².